The van der Waals surface area contributed by atoms with Crippen LogP contribution in [0.15, 0.2) is 11.3 Å². The summed E-state index contributed by atoms with van der Waals surface area (Å²) >= 11 is 0. The highest BCUT2D eigenvalue weighted by Crippen LogP contribution is 2.69. The van der Waals surface area contributed by atoms with Crippen LogP contribution in [-0.4, -0.2) is 33.7 Å². The molecular formula is C20H25F5O3. The first-order valence-electron chi connectivity index (χ1n) is 9.97. The molecule has 158 valence electrons. The Morgan fingerprint density at radius 3 is 2.29 bits per heavy atom. The number of hydrogen-bond donors (Lipinski definition) is 2. The van der Waals surface area contributed by atoms with Crippen molar-refractivity contribution in [3.63, 3.8) is 0 Å². The first-order valence-corrected chi connectivity index (χ1v) is 9.97. The predicted octanol–water partition coefficient (Wildman–Crippen LogP) is 4.94. The molecule has 0 aliphatic heterocycles. The van der Waals surface area contributed by atoms with Crippen LogP contribution in [0.4, 0.5) is 22.0 Å². The summed E-state index contributed by atoms with van der Waals surface area (Å²) < 4.78 is 68.1. The smallest absolute Gasteiger partial charge is 0.456 e. The third-order valence-corrected chi connectivity index (χ3v) is 8.48. The molecule has 4 aliphatic rings. The third kappa shape index (κ3) is 2.33. The van der Waals surface area contributed by atoms with Gasteiger partial charge in [0, 0.05) is 11.8 Å². The molecule has 3 saturated carbocycles. The quantitative estimate of drug-likeness (QED) is 0.604. The minimum Gasteiger partial charge on any atom is -0.504 e. The molecule has 0 aromatic rings. The Labute approximate surface area is 160 Å². The van der Waals surface area contributed by atoms with Crippen LogP contribution in [0.25, 0.3) is 0 Å². The Balaban J connectivity index is 1.68. The van der Waals surface area contributed by atoms with Gasteiger partial charge in [-0.15, -0.1) is 0 Å². The molecule has 4 unspecified atom stereocenters. The van der Waals surface area contributed by atoms with Crippen LogP contribution in [0, 0.1) is 29.1 Å². The van der Waals surface area contributed by atoms with Crippen molar-refractivity contribution in [3.8, 4) is 0 Å². The van der Waals surface area contributed by atoms with E-state index in [0.29, 0.717) is 25.7 Å². The van der Waals surface area contributed by atoms with Gasteiger partial charge in [-0.05, 0) is 74.2 Å². The van der Waals surface area contributed by atoms with Gasteiger partial charge < -0.3 is 10.2 Å². The van der Waals surface area contributed by atoms with Gasteiger partial charge in [0.15, 0.2) is 11.5 Å². The molecule has 0 saturated heterocycles. The highest BCUT2D eigenvalue weighted by molar-refractivity contribution is 5.94. The van der Waals surface area contributed by atoms with Gasteiger partial charge in [0.2, 0.25) is 0 Å². The number of halogens is 5. The first-order chi connectivity index (χ1) is 12.8. The number of carbonyl (C=O) groups excluding carboxylic acids is 1. The number of alkyl halides is 5. The number of allylic oxidation sites excluding steroid dienone is 1. The zero-order valence-electron chi connectivity index (χ0n) is 15.7. The summed E-state index contributed by atoms with van der Waals surface area (Å²) in [7, 11) is 0. The fourth-order valence-electron chi connectivity index (χ4n) is 7.03. The van der Waals surface area contributed by atoms with E-state index in [0.717, 1.165) is 5.57 Å². The Morgan fingerprint density at radius 1 is 0.964 bits per heavy atom. The van der Waals surface area contributed by atoms with Crippen molar-refractivity contribution in [2.75, 3.05) is 0 Å². The van der Waals surface area contributed by atoms with Gasteiger partial charge in [-0.25, -0.2) is 0 Å². The van der Waals surface area contributed by atoms with Gasteiger partial charge >= 0.3 is 12.1 Å². The Kier molecular flexibility index (Phi) is 4.25. The van der Waals surface area contributed by atoms with Gasteiger partial charge in [-0.3, -0.25) is 4.79 Å². The fraction of sp³-hybridized carbons (Fsp3) is 0.850. The molecule has 0 heterocycles. The van der Waals surface area contributed by atoms with E-state index in [-0.39, 0.29) is 48.6 Å². The van der Waals surface area contributed by atoms with E-state index in [1.165, 1.54) is 6.92 Å². The lowest BCUT2D eigenvalue weighted by molar-refractivity contribution is -0.363. The van der Waals surface area contributed by atoms with Crippen LogP contribution < -0.4 is 0 Å². The summed E-state index contributed by atoms with van der Waals surface area (Å²) in [4.78, 5) is 11.8. The largest absolute Gasteiger partial charge is 0.504 e. The summed E-state index contributed by atoms with van der Waals surface area (Å²) in [6, 6.07) is 0. The zero-order chi connectivity index (χ0) is 20.7. The van der Waals surface area contributed by atoms with Crippen molar-refractivity contribution in [2.45, 2.75) is 76.0 Å². The molecule has 0 radical (unpaired) electrons. The summed E-state index contributed by atoms with van der Waals surface area (Å²) in [5.41, 5.74) is -3.88. The maximum Gasteiger partial charge on any atom is 0.456 e. The van der Waals surface area contributed by atoms with Crippen LogP contribution in [0.2, 0.25) is 0 Å². The second kappa shape index (κ2) is 5.92. The van der Waals surface area contributed by atoms with Gasteiger partial charge in [-0.1, -0.05) is 6.92 Å². The van der Waals surface area contributed by atoms with Crippen molar-refractivity contribution in [3.05, 3.63) is 11.3 Å². The van der Waals surface area contributed by atoms with Gasteiger partial charge in [0.05, 0.1) is 0 Å². The minimum atomic E-state index is -5.80. The Morgan fingerprint density at radius 2 is 1.64 bits per heavy atom. The van der Waals surface area contributed by atoms with Crippen molar-refractivity contribution < 1.29 is 37.0 Å². The predicted molar refractivity (Wildman–Crippen MR) is 89.6 cm³/mol. The van der Waals surface area contributed by atoms with Gasteiger partial charge in [0.1, 0.15) is 5.60 Å². The topological polar surface area (TPSA) is 57.5 Å². The summed E-state index contributed by atoms with van der Waals surface area (Å²) in [6.07, 6.45) is -3.89. The Hall–Kier alpha value is -1.18. The van der Waals surface area contributed by atoms with Crippen LogP contribution in [0.3, 0.4) is 0 Å². The lowest BCUT2D eigenvalue weighted by atomic mass is 9.50. The molecule has 0 aromatic heterocycles. The number of Topliss-reactive ketones (excluding diaryl/α,β-unsaturated/α-hetero) is 1. The number of aliphatic hydroxyl groups excluding tert-OH is 1. The monoisotopic (exact) mass is 408 g/mol. The van der Waals surface area contributed by atoms with Crippen molar-refractivity contribution >= 4 is 5.78 Å². The normalized spacial score (nSPS) is 44.2. The standard InChI is InChI=1S/C20H25F5O3/c1-17-8-6-11-10-4-5-15(26)16(27)13(10)3-2-12(11)14(17)7-9-18(17,28)19(21,22)20(23,24)25/h10-12,14,27-28H,2-9H2,1H3/t10?,11?,12?,14?,17-,18-/m0/s1. The summed E-state index contributed by atoms with van der Waals surface area (Å²) in [5, 5.41) is 20.9. The highest BCUT2D eigenvalue weighted by Gasteiger charge is 2.78. The number of rotatable bonds is 1. The third-order valence-electron chi connectivity index (χ3n) is 8.48. The fourth-order valence-corrected chi connectivity index (χ4v) is 7.03. The Bertz CT molecular complexity index is 730. The SMILES string of the molecule is C[C@]12CCC3C4CCC(=O)C(O)=C4CCC3C1CC[C@@]2(O)C(F)(F)C(F)(F)F. The van der Waals surface area contributed by atoms with Crippen LogP contribution in [0.1, 0.15) is 58.3 Å². The minimum absolute atomic E-state index is 0.0159. The molecule has 28 heavy (non-hydrogen) atoms. The number of carbonyl (C=O) groups is 1. The van der Waals surface area contributed by atoms with Crippen molar-refractivity contribution in [1.82, 2.24) is 0 Å². The first kappa shape index (κ1) is 20.1. The zero-order valence-corrected chi connectivity index (χ0v) is 15.7. The summed E-state index contributed by atoms with van der Waals surface area (Å²) in [5.74, 6) is -6.07. The molecule has 3 nitrogen and oxygen atoms in total. The second-order valence-electron chi connectivity index (χ2n) is 9.34. The molecule has 3 fully saturated rings. The number of aliphatic hydroxyl groups is 2. The molecule has 4 rings (SSSR count). The maximum atomic E-state index is 14.4. The number of ketones is 1. The summed E-state index contributed by atoms with van der Waals surface area (Å²) in [6.45, 7) is 1.40. The van der Waals surface area contributed by atoms with E-state index in [2.05, 4.69) is 0 Å². The van der Waals surface area contributed by atoms with Crippen LogP contribution >= 0.6 is 0 Å². The molecular weight excluding hydrogens is 383 g/mol. The number of fused-ring (bicyclic) bond motifs is 5. The van der Waals surface area contributed by atoms with Gasteiger partial charge in [-0.2, -0.15) is 22.0 Å². The van der Waals surface area contributed by atoms with Crippen LogP contribution in [-0.2, 0) is 4.79 Å². The molecule has 2 N–H and O–H groups in total. The van der Waals surface area contributed by atoms with E-state index in [1.807, 2.05) is 0 Å². The highest BCUT2D eigenvalue weighted by atomic mass is 19.4. The average molecular weight is 408 g/mol. The van der Waals surface area contributed by atoms with Crippen molar-refractivity contribution in [1.29, 1.82) is 0 Å². The number of hydrogen-bond acceptors (Lipinski definition) is 3. The van der Waals surface area contributed by atoms with Gasteiger partial charge in [0.25, 0.3) is 0 Å². The van der Waals surface area contributed by atoms with E-state index >= 15 is 0 Å². The molecule has 6 atom stereocenters. The van der Waals surface area contributed by atoms with E-state index in [4.69, 9.17) is 0 Å². The lowest BCUT2D eigenvalue weighted by Gasteiger charge is -2.56. The molecule has 0 aromatic carbocycles. The molecule has 4 aliphatic carbocycles. The molecule has 0 spiro atoms. The molecule has 8 heteroatoms. The second-order valence-corrected chi connectivity index (χ2v) is 9.34. The van der Waals surface area contributed by atoms with Crippen LogP contribution in [0.5, 0.6) is 0 Å². The maximum absolute atomic E-state index is 14.4. The lowest BCUT2D eigenvalue weighted by Crippen LogP contribution is -2.65. The van der Waals surface area contributed by atoms with E-state index < -0.39 is 35.5 Å². The van der Waals surface area contributed by atoms with Crippen molar-refractivity contribution in [2.24, 2.45) is 29.1 Å². The average Bonchev–Trinajstić information content (AvgIpc) is 2.90. The van der Waals surface area contributed by atoms with E-state index in [1.54, 1.807) is 0 Å². The molecule has 0 amide bonds. The molecule has 0 bridgehead atoms. The van der Waals surface area contributed by atoms with E-state index in [9.17, 15) is 37.0 Å².